The van der Waals surface area contributed by atoms with E-state index < -0.39 is 0 Å². The van der Waals surface area contributed by atoms with Crippen LogP contribution in [0.25, 0.3) is 10.9 Å². The highest BCUT2D eigenvalue weighted by atomic mass is 32.2. The molecule has 1 aromatic heterocycles. The van der Waals surface area contributed by atoms with Gasteiger partial charge < -0.3 is 9.72 Å². The quantitative estimate of drug-likeness (QED) is 0.401. The summed E-state index contributed by atoms with van der Waals surface area (Å²) < 4.78 is 5.95. The second-order valence-corrected chi connectivity index (χ2v) is 7.36. The Balaban J connectivity index is 1.63. The van der Waals surface area contributed by atoms with E-state index in [-0.39, 0.29) is 5.56 Å². The molecule has 0 aliphatic heterocycles. The fraction of sp³-hybridized carbons (Fsp3) is 0.300. The fourth-order valence-electron chi connectivity index (χ4n) is 2.67. The van der Waals surface area contributed by atoms with Gasteiger partial charge in [0, 0.05) is 5.75 Å². The molecular formula is C20H22N2O2S. The number of benzene rings is 2. The summed E-state index contributed by atoms with van der Waals surface area (Å²) in [7, 11) is 0. The van der Waals surface area contributed by atoms with Crippen LogP contribution in [0.4, 0.5) is 0 Å². The van der Waals surface area contributed by atoms with Crippen molar-refractivity contribution in [2.75, 3.05) is 12.4 Å². The molecule has 0 atom stereocenters. The van der Waals surface area contributed by atoms with Gasteiger partial charge in [-0.25, -0.2) is 4.98 Å². The van der Waals surface area contributed by atoms with Crippen molar-refractivity contribution in [1.29, 1.82) is 0 Å². The van der Waals surface area contributed by atoms with Gasteiger partial charge in [-0.15, -0.1) is 0 Å². The van der Waals surface area contributed by atoms with E-state index in [1.54, 1.807) is 6.07 Å². The van der Waals surface area contributed by atoms with E-state index >= 15 is 0 Å². The van der Waals surface area contributed by atoms with Crippen molar-refractivity contribution >= 4 is 22.7 Å². The largest absolute Gasteiger partial charge is 0.492 e. The molecule has 0 radical (unpaired) electrons. The molecule has 0 spiro atoms. The lowest BCUT2D eigenvalue weighted by Gasteiger charge is -2.14. The van der Waals surface area contributed by atoms with E-state index in [1.807, 2.05) is 24.3 Å². The molecule has 5 heteroatoms. The SMILES string of the molecule is Cc1ccc(OCCSc2nc3ccccc3c(=O)[nH]2)c(C(C)C)c1. The van der Waals surface area contributed by atoms with Crippen molar-refractivity contribution in [2.24, 2.45) is 0 Å². The summed E-state index contributed by atoms with van der Waals surface area (Å²) in [6.45, 7) is 6.98. The molecule has 0 saturated carbocycles. The highest BCUT2D eigenvalue weighted by molar-refractivity contribution is 7.99. The van der Waals surface area contributed by atoms with Crippen LogP contribution in [0, 0.1) is 6.92 Å². The zero-order chi connectivity index (χ0) is 17.8. The first kappa shape index (κ1) is 17.5. The highest BCUT2D eigenvalue weighted by Gasteiger charge is 2.09. The van der Waals surface area contributed by atoms with Crippen molar-refractivity contribution in [2.45, 2.75) is 31.8 Å². The Morgan fingerprint density at radius 3 is 2.80 bits per heavy atom. The number of fused-ring (bicyclic) bond motifs is 1. The number of nitrogens with zero attached hydrogens (tertiary/aromatic N) is 1. The highest BCUT2D eigenvalue weighted by Crippen LogP contribution is 2.27. The number of rotatable bonds is 6. The summed E-state index contributed by atoms with van der Waals surface area (Å²) in [6.07, 6.45) is 0. The molecular weight excluding hydrogens is 332 g/mol. The van der Waals surface area contributed by atoms with E-state index in [0.717, 1.165) is 11.3 Å². The molecule has 2 aromatic carbocycles. The Hall–Kier alpha value is -2.27. The van der Waals surface area contributed by atoms with Crippen LogP contribution in [0.2, 0.25) is 0 Å². The van der Waals surface area contributed by atoms with Gasteiger partial charge in [-0.2, -0.15) is 0 Å². The summed E-state index contributed by atoms with van der Waals surface area (Å²) in [4.78, 5) is 19.4. The average molecular weight is 354 g/mol. The van der Waals surface area contributed by atoms with Crippen molar-refractivity contribution in [3.63, 3.8) is 0 Å². The van der Waals surface area contributed by atoms with Crippen molar-refractivity contribution in [3.05, 3.63) is 63.9 Å². The third kappa shape index (κ3) is 4.23. The van der Waals surface area contributed by atoms with E-state index in [1.165, 1.54) is 22.9 Å². The van der Waals surface area contributed by atoms with Gasteiger partial charge in [0.05, 0.1) is 17.5 Å². The van der Waals surface area contributed by atoms with Gasteiger partial charge in [0.1, 0.15) is 5.75 Å². The van der Waals surface area contributed by atoms with Gasteiger partial charge in [-0.05, 0) is 36.6 Å². The molecule has 0 bridgehead atoms. The number of aryl methyl sites for hydroxylation is 1. The van der Waals surface area contributed by atoms with E-state index in [9.17, 15) is 4.79 Å². The molecule has 1 heterocycles. The molecule has 3 aromatic rings. The number of H-pyrrole nitrogens is 1. The lowest BCUT2D eigenvalue weighted by atomic mass is 10.00. The number of para-hydroxylation sites is 1. The van der Waals surface area contributed by atoms with Crippen molar-refractivity contribution in [3.8, 4) is 5.75 Å². The molecule has 0 unspecified atom stereocenters. The van der Waals surface area contributed by atoms with Gasteiger partial charge >= 0.3 is 0 Å². The maximum atomic E-state index is 12.1. The van der Waals surface area contributed by atoms with Gasteiger partial charge in [0.15, 0.2) is 5.16 Å². The van der Waals surface area contributed by atoms with Crippen LogP contribution in [0.15, 0.2) is 52.4 Å². The molecule has 0 amide bonds. The normalized spacial score (nSPS) is 11.2. The van der Waals surface area contributed by atoms with Gasteiger partial charge in [-0.3, -0.25) is 4.79 Å². The van der Waals surface area contributed by atoms with Crippen LogP contribution in [0.3, 0.4) is 0 Å². The molecule has 0 aliphatic rings. The molecule has 0 aliphatic carbocycles. The Labute approximate surface area is 151 Å². The maximum absolute atomic E-state index is 12.1. The first-order chi connectivity index (χ1) is 12.0. The number of aromatic nitrogens is 2. The van der Waals surface area contributed by atoms with E-state index in [4.69, 9.17) is 4.74 Å². The number of ether oxygens (including phenoxy) is 1. The molecule has 130 valence electrons. The second kappa shape index (κ2) is 7.74. The fourth-order valence-corrected chi connectivity index (χ4v) is 3.36. The summed E-state index contributed by atoms with van der Waals surface area (Å²) in [6, 6.07) is 13.6. The smallest absolute Gasteiger partial charge is 0.259 e. The zero-order valence-corrected chi connectivity index (χ0v) is 15.5. The lowest BCUT2D eigenvalue weighted by Crippen LogP contribution is -2.10. The summed E-state index contributed by atoms with van der Waals surface area (Å²) in [5, 5.41) is 1.24. The maximum Gasteiger partial charge on any atom is 0.259 e. The molecule has 0 fully saturated rings. The standard InChI is InChI=1S/C20H22N2O2S/c1-13(2)16-12-14(3)8-9-18(16)24-10-11-25-20-21-17-7-5-4-6-15(17)19(23)22-20/h4-9,12-13H,10-11H2,1-3H3,(H,21,22,23). The second-order valence-electron chi connectivity index (χ2n) is 6.28. The Bertz CT molecular complexity index is 934. The molecule has 1 N–H and O–H groups in total. The van der Waals surface area contributed by atoms with Crippen LogP contribution >= 0.6 is 11.8 Å². The summed E-state index contributed by atoms with van der Waals surface area (Å²) in [5.74, 6) is 2.06. The van der Waals surface area contributed by atoms with E-state index in [0.29, 0.717) is 28.8 Å². The van der Waals surface area contributed by atoms with Crippen LogP contribution < -0.4 is 10.3 Å². The first-order valence-electron chi connectivity index (χ1n) is 8.40. The third-order valence-electron chi connectivity index (χ3n) is 3.96. The Morgan fingerprint density at radius 1 is 1.20 bits per heavy atom. The minimum Gasteiger partial charge on any atom is -0.492 e. The van der Waals surface area contributed by atoms with Crippen LogP contribution in [0.1, 0.15) is 30.9 Å². The average Bonchev–Trinajstić information content (AvgIpc) is 2.59. The minimum atomic E-state index is -0.102. The van der Waals surface area contributed by atoms with Crippen LogP contribution in [-0.2, 0) is 0 Å². The number of aromatic amines is 1. The van der Waals surface area contributed by atoms with Crippen molar-refractivity contribution < 1.29 is 4.74 Å². The number of nitrogens with one attached hydrogen (secondary N) is 1. The lowest BCUT2D eigenvalue weighted by molar-refractivity contribution is 0.338. The predicted molar refractivity (Wildman–Crippen MR) is 104 cm³/mol. The number of hydrogen-bond acceptors (Lipinski definition) is 4. The van der Waals surface area contributed by atoms with Gasteiger partial charge in [0.2, 0.25) is 0 Å². The monoisotopic (exact) mass is 354 g/mol. The topological polar surface area (TPSA) is 55.0 Å². The third-order valence-corrected chi connectivity index (χ3v) is 4.80. The Kier molecular flexibility index (Phi) is 5.43. The molecule has 25 heavy (non-hydrogen) atoms. The van der Waals surface area contributed by atoms with Crippen LogP contribution in [0.5, 0.6) is 5.75 Å². The number of hydrogen-bond donors (Lipinski definition) is 1. The molecule has 4 nitrogen and oxygen atoms in total. The molecule has 0 saturated heterocycles. The summed E-state index contributed by atoms with van der Waals surface area (Å²) >= 11 is 1.49. The number of thioether (sulfide) groups is 1. The van der Waals surface area contributed by atoms with Crippen molar-refractivity contribution in [1.82, 2.24) is 9.97 Å². The minimum absolute atomic E-state index is 0.102. The predicted octanol–water partition coefficient (Wildman–Crippen LogP) is 4.53. The van der Waals surface area contributed by atoms with Gasteiger partial charge in [-0.1, -0.05) is 55.4 Å². The summed E-state index contributed by atoms with van der Waals surface area (Å²) in [5.41, 5.74) is 3.08. The van der Waals surface area contributed by atoms with Crippen LogP contribution in [-0.4, -0.2) is 22.3 Å². The first-order valence-corrected chi connectivity index (χ1v) is 9.38. The van der Waals surface area contributed by atoms with Gasteiger partial charge in [0.25, 0.3) is 5.56 Å². The van der Waals surface area contributed by atoms with E-state index in [2.05, 4.69) is 42.9 Å². The molecule has 3 rings (SSSR count). The Morgan fingerprint density at radius 2 is 2.00 bits per heavy atom. The zero-order valence-electron chi connectivity index (χ0n) is 14.7.